The van der Waals surface area contributed by atoms with Crippen molar-refractivity contribution in [1.82, 2.24) is 19.6 Å². The number of allylic oxidation sites excluding steroid dienone is 4. The minimum Gasteiger partial charge on any atom is -0.437 e. The summed E-state index contributed by atoms with van der Waals surface area (Å²) in [6, 6.07) is 9.88. The summed E-state index contributed by atoms with van der Waals surface area (Å²) in [5, 5.41) is 13.7. The summed E-state index contributed by atoms with van der Waals surface area (Å²) >= 11 is 0. The molecule has 3 rings (SSSR count). The number of benzene rings is 1. The molecule has 1 atom stereocenters. The van der Waals surface area contributed by atoms with Gasteiger partial charge in [0.05, 0.1) is 17.8 Å². The summed E-state index contributed by atoms with van der Waals surface area (Å²) in [7, 11) is 1.90. The normalized spacial score (nSPS) is 16.5. The molecule has 8 nitrogen and oxygen atoms in total. The van der Waals surface area contributed by atoms with Crippen LogP contribution in [0, 0.1) is 11.3 Å². The molecule has 1 unspecified atom stereocenters. The van der Waals surface area contributed by atoms with E-state index in [-0.39, 0.29) is 6.04 Å². The largest absolute Gasteiger partial charge is 0.437 e. The molecule has 0 N–H and O–H groups in total. The number of aryl methyl sites for hydroxylation is 2. The van der Waals surface area contributed by atoms with E-state index in [9.17, 15) is 18.8 Å². The summed E-state index contributed by atoms with van der Waals surface area (Å²) in [6.07, 6.45) is 8.35. The van der Waals surface area contributed by atoms with Gasteiger partial charge in [0, 0.05) is 74.4 Å². The number of unbranched alkanes of at least 4 members (excludes halogenated alkanes) is 1. The second kappa shape index (κ2) is 18.5. The number of nitriles is 1. The molecule has 0 aliphatic carbocycles. The molecule has 1 aliphatic rings. The monoisotopic (exact) mass is 666 g/mol. The van der Waals surface area contributed by atoms with E-state index in [1.165, 1.54) is 25.7 Å². The van der Waals surface area contributed by atoms with Gasteiger partial charge >= 0.3 is 6.09 Å². The maximum atomic E-state index is 14.5. The fourth-order valence-corrected chi connectivity index (χ4v) is 6.02. The molecule has 10 heteroatoms. The number of ether oxygens (including phenoxy) is 1. The molecule has 1 aromatic carbocycles. The van der Waals surface area contributed by atoms with Crippen LogP contribution in [0.15, 0.2) is 59.0 Å². The number of hydrogen-bond donors (Lipinski definition) is 0. The summed E-state index contributed by atoms with van der Waals surface area (Å²) in [5.74, 6) is -3.13. The Bertz CT molecular complexity index is 1480. The van der Waals surface area contributed by atoms with Crippen molar-refractivity contribution in [3.63, 3.8) is 0 Å². The van der Waals surface area contributed by atoms with Crippen LogP contribution in [-0.4, -0.2) is 75.1 Å². The van der Waals surface area contributed by atoms with E-state index in [4.69, 9.17) is 9.73 Å². The van der Waals surface area contributed by atoms with Gasteiger partial charge in [-0.2, -0.15) is 10.4 Å². The molecule has 0 saturated carbocycles. The number of nitrogens with zero attached hydrogens (tertiary/aromatic N) is 6. The van der Waals surface area contributed by atoms with Crippen LogP contribution in [-0.2, 0) is 18.2 Å². The summed E-state index contributed by atoms with van der Waals surface area (Å²) in [6.45, 7) is 18.0. The molecule has 1 aromatic heterocycles. The quantitative estimate of drug-likeness (QED) is 0.121. The molecule has 1 saturated heterocycles. The Morgan fingerprint density at radius 3 is 2.48 bits per heavy atom. The van der Waals surface area contributed by atoms with E-state index in [1.807, 2.05) is 72.3 Å². The maximum Gasteiger partial charge on any atom is 0.410 e. The standard InChI is InChI=1S/C36H50F2N6O2.C2H6/c1-9-31(30-23-41-42(8)25-30)33(32(40-11-3)18-13-12-15-28-16-14-17-29(21-28)22-39)27(5)44-20-19-43(24-26(44)4)34(45)46-35(6,7)36(37,38)10-2;1-2/h9,14,16-17,21,23,25-26H,10-13,15,18-20,24H2,1-8H3;1-2H3/b31-9-,33-27+,40-32?;. The third kappa shape index (κ3) is 10.2. The minimum absolute atomic E-state index is 0.0895. The van der Waals surface area contributed by atoms with Gasteiger partial charge in [0.2, 0.25) is 0 Å². The number of halogens is 2. The van der Waals surface area contributed by atoms with Crippen LogP contribution in [0.1, 0.15) is 105 Å². The third-order valence-corrected chi connectivity index (χ3v) is 8.74. The van der Waals surface area contributed by atoms with Crippen LogP contribution in [0.2, 0.25) is 0 Å². The van der Waals surface area contributed by atoms with Crippen molar-refractivity contribution in [2.45, 2.75) is 112 Å². The maximum absolute atomic E-state index is 14.5. The first-order chi connectivity index (χ1) is 22.8. The average molecular weight is 667 g/mol. The van der Waals surface area contributed by atoms with Crippen LogP contribution >= 0.6 is 0 Å². The second-order valence-corrected chi connectivity index (χ2v) is 12.4. The SMILES string of the molecule is C/C=C(\C(C(CCCCc1cccc(C#N)c1)=NCC)=C(\C)N1CCN(C(=O)OC(C)(C)C(F)(F)CC)CC1C)c1cnn(C)c1.CC. The van der Waals surface area contributed by atoms with Gasteiger partial charge in [-0.3, -0.25) is 9.67 Å². The highest BCUT2D eigenvalue weighted by Gasteiger charge is 2.49. The average Bonchev–Trinajstić information content (AvgIpc) is 3.51. The number of amides is 1. The van der Waals surface area contributed by atoms with Crippen molar-refractivity contribution < 1.29 is 18.3 Å². The van der Waals surface area contributed by atoms with Gasteiger partial charge in [-0.1, -0.05) is 39.0 Å². The first-order valence-electron chi connectivity index (χ1n) is 17.3. The zero-order valence-electron chi connectivity index (χ0n) is 30.7. The molecule has 0 spiro atoms. The molecule has 1 fully saturated rings. The molecule has 1 amide bonds. The highest BCUT2D eigenvalue weighted by atomic mass is 19.3. The number of alkyl halides is 2. The van der Waals surface area contributed by atoms with Crippen molar-refractivity contribution in [3.05, 3.63) is 70.7 Å². The lowest BCUT2D eigenvalue weighted by molar-refractivity contribution is -0.169. The number of carbonyl (C=O) groups excluding carboxylic acids is 1. The topological polar surface area (TPSA) is 86.8 Å². The van der Waals surface area contributed by atoms with Crippen molar-refractivity contribution in [2.75, 3.05) is 26.2 Å². The Hall–Kier alpha value is -4.00. The molecule has 2 aromatic rings. The molecule has 1 aliphatic heterocycles. The van der Waals surface area contributed by atoms with E-state index in [2.05, 4.69) is 35.1 Å². The van der Waals surface area contributed by atoms with Crippen molar-refractivity contribution >= 4 is 17.4 Å². The number of hydrogen-bond acceptors (Lipinski definition) is 6. The summed E-state index contributed by atoms with van der Waals surface area (Å²) in [5.41, 5.74) is 5.06. The number of piperazine rings is 1. The van der Waals surface area contributed by atoms with Gasteiger partial charge < -0.3 is 14.5 Å². The van der Waals surface area contributed by atoms with E-state index >= 15 is 0 Å². The van der Waals surface area contributed by atoms with E-state index in [1.54, 1.807) is 4.68 Å². The van der Waals surface area contributed by atoms with Gasteiger partial charge in [0.25, 0.3) is 5.92 Å². The van der Waals surface area contributed by atoms with E-state index in [0.29, 0.717) is 31.7 Å². The van der Waals surface area contributed by atoms with Crippen LogP contribution < -0.4 is 0 Å². The Balaban J connectivity index is 0.00000392. The number of rotatable bonds is 13. The molecule has 0 bridgehead atoms. The summed E-state index contributed by atoms with van der Waals surface area (Å²) < 4.78 is 36.1. The molecular weight excluding hydrogens is 610 g/mol. The van der Waals surface area contributed by atoms with Gasteiger partial charge in [0.1, 0.15) is 0 Å². The minimum atomic E-state index is -3.13. The lowest BCUT2D eigenvalue weighted by Crippen LogP contribution is -2.55. The molecule has 48 heavy (non-hydrogen) atoms. The van der Waals surface area contributed by atoms with Crippen LogP contribution in [0.4, 0.5) is 13.6 Å². The molecular formula is C38H56F2N6O2. The molecule has 2 heterocycles. The van der Waals surface area contributed by atoms with Gasteiger partial charge in [-0.05, 0) is 90.5 Å². The van der Waals surface area contributed by atoms with Gasteiger partial charge in [-0.25, -0.2) is 13.6 Å². The van der Waals surface area contributed by atoms with Crippen molar-refractivity contribution in [1.29, 1.82) is 5.26 Å². The lowest BCUT2D eigenvalue weighted by atomic mass is 9.90. The predicted molar refractivity (Wildman–Crippen MR) is 191 cm³/mol. The Morgan fingerprint density at radius 2 is 1.92 bits per heavy atom. The third-order valence-electron chi connectivity index (χ3n) is 8.74. The zero-order chi connectivity index (χ0) is 36.1. The first-order valence-corrected chi connectivity index (χ1v) is 17.3. The van der Waals surface area contributed by atoms with Crippen molar-refractivity contribution in [3.8, 4) is 6.07 Å². The Kier molecular flexibility index (Phi) is 15.5. The van der Waals surface area contributed by atoms with Gasteiger partial charge in [-0.15, -0.1) is 0 Å². The van der Waals surface area contributed by atoms with E-state index < -0.39 is 24.0 Å². The smallest absolute Gasteiger partial charge is 0.410 e. The molecule has 264 valence electrons. The molecule has 0 radical (unpaired) electrons. The fourth-order valence-electron chi connectivity index (χ4n) is 6.02. The second-order valence-electron chi connectivity index (χ2n) is 12.4. The zero-order valence-corrected chi connectivity index (χ0v) is 30.7. The Labute approximate surface area is 287 Å². The van der Waals surface area contributed by atoms with Crippen molar-refractivity contribution in [2.24, 2.45) is 12.0 Å². The fraction of sp³-hybridized carbons (Fsp3) is 0.579. The predicted octanol–water partition coefficient (Wildman–Crippen LogP) is 8.84. The number of aliphatic imine (C=N–C) groups is 1. The number of aromatic nitrogens is 2. The summed E-state index contributed by atoms with van der Waals surface area (Å²) in [4.78, 5) is 21.9. The Morgan fingerprint density at radius 1 is 1.21 bits per heavy atom. The number of carbonyl (C=O) groups is 1. The highest BCUT2D eigenvalue weighted by molar-refractivity contribution is 6.13. The van der Waals surface area contributed by atoms with Gasteiger partial charge in [0.15, 0.2) is 5.60 Å². The van der Waals surface area contributed by atoms with E-state index in [0.717, 1.165) is 59.4 Å². The van der Waals surface area contributed by atoms with Crippen LogP contribution in [0.5, 0.6) is 0 Å². The van der Waals surface area contributed by atoms with Crippen LogP contribution in [0.25, 0.3) is 5.57 Å². The van der Waals surface area contributed by atoms with Crippen LogP contribution in [0.3, 0.4) is 0 Å². The highest BCUT2D eigenvalue weighted by Crippen LogP contribution is 2.36. The first kappa shape index (κ1) is 40.2. The lowest BCUT2D eigenvalue weighted by Gasteiger charge is -2.43.